The molecule has 0 amide bonds. The molecule has 0 unspecified atom stereocenters. The minimum Gasteiger partial charge on any atom is -0.507 e. The first-order chi connectivity index (χ1) is 9.56. The summed E-state index contributed by atoms with van der Waals surface area (Å²) in [5, 5.41) is 9.77. The predicted octanol–water partition coefficient (Wildman–Crippen LogP) is 3.02. The molecule has 1 N–H and O–H groups in total. The van der Waals surface area contributed by atoms with Crippen molar-refractivity contribution in [2.45, 2.75) is 13.5 Å². The molecular formula is C17H19NO2. The number of ketones is 1. The van der Waals surface area contributed by atoms with Gasteiger partial charge in [-0.25, -0.2) is 0 Å². The maximum Gasteiger partial charge on any atom is 0.180 e. The fourth-order valence-electron chi connectivity index (χ4n) is 2.15. The van der Waals surface area contributed by atoms with Crippen molar-refractivity contribution < 1.29 is 9.90 Å². The monoisotopic (exact) mass is 269 g/mol. The summed E-state index contributed by atoms with van der Waals surface area (Å²) in [4.78, 5) is 14.2. The lowest BCUT2D eigenvalue weighted by Crippen LogP contribution is -2.25. The average molecular weight is 269 g/mol. The molecule has 0 heterocycles. The van der Waals surface area contributed by atoms with E-state index in [1.807, 2.05) is 49.2 Å². The number of rotatable bonds is 5. The quantitative estimate of drug-likeness (QED) is 0.848. The lowest BCUT2D eigenvalue weighted by Gasteiger charge is -2.16. The van der Waals surface area contributed by atoms with Crippen LogP contribution in [0.4, 0.5) is 0 Å². The van der Waals surface area contributed by atoms with Gasteiger partial charge in [-0.1, -0.05) is 42.0 Å². The molecule has 0 fully saturated rings. The van der Waals surface area contributed by atoms with Gasteiger partial charge in [-0.05, 0) is 31.7 Å². The Bertz CT molecular complexity index is 593. The van der Waals surface area contributed by atoms with Crippen LogP contribution in [-0.2, 0) is 6.54 Å². The van der Waals surface area contributed by atoms with Crippen molar-refractivity contribution in [3.8, 4) is 5.75 Å². The number of Topliss-reactive ketones (excluding diaryl/α,β-unsaturated/α-hetero) is 1. The number of phenols is 1. The summed E-state index contributed by atoms with van der Waals surface area (Å²) in [6.07, 6.45) is 0. The summed E-state index contributed by atoms with van der Waals surface area (Å²) in [6.45, 7) is 2.90. The van der Waals surface area contributed by atoms with Crippen molar-refractivity contribution >= 4 is 5.78 Å². The molecule has 2 aromatic rings. The van der Waals surface area contributed by atoms with Gasteiger partial charge in [0, 0.05) is 6.54 Å². The van der Waals surface area contributed by atoms with Gasteiger partial charge in [0.1, 0.15) is 5.75 Å². The van der Waals surface area contributed by atoms with Crippen molar-refractivity contribution in [3.05, 3.63) is 65.2 Å². The molecule has 0 aliphatic heterocycles. The molecule has 0 bridgehead atoms. The summed E-state index contributed by atoms with van der Waals surface area (Å²) in [6, 6.07) is 15.1. The lowest BCUT2D eigenvalue weighted by molar-refractivity contribution is 0.0940. The highest BCUT2D eigenvalue weighted by molar-refractivity contribution is 6.00. The van der Waals surface area contributed by atoms with Crippen molar-refractivity contribution in [2.24, 2.45) is 0 Å². The van der Waals surface area contributed by atoms with Crippen molar-refractivity contribution in [1.82, 2.24) is 4.90 Å². The Morgan fingerprint density at radius 1 is 1.15 bits per heavy atom. The molecule has 20 heavy (non-hydrogen) atoms. The molecule has 0 aromatic heterocycles. The Morgan fingerprint density at radius 3 is 2.55 bits per heavy atom. The van der Waals surface area contributed by atoms with Gasteiger partial charge in [0.05, 0.1) is 12.1 Å². The number of phenolic OH excluding ortho intramolecular Hbond substituents is 1. The molecule has 0 saturated heterocycles. The molecule has 0 radical (unpaired) electrons. The van der Waals surface area contributed by atoms with Crippen LogP contribution in [0.3, 0.4) is 0 Å². The number of aryl methyl sites for hydroxylation is 1. The zero-order chi connectivity index (χ0) is 14.5. The Balaban J connectivity index is 2.02. The van der Waals surface area contributed by atoms with Crippen LogP contribution in [-0.4, -0.2) is 29.4 Å². The van der Waals surface area contributed by atoms with Crippen LogP contribution in [0, 0.1) is 6.92 Å². The highest BCUT2D eigenvalue weighted by Gasteiger charge is 2.13. The van der Waals surface area contributed by atoms with Crippen LogP contribution in [0.25, 0.3) is 0 Å². The number of carbonyl (C=O) groups is 1. The van der Waals surface area contributed by atoms with E-state index < -0.39 is 0 Å². The first-order valence-corrected chi connectivity index (χ1v) is 6.61. The smallest absolute Gasteiger partial charge is 0.180 e. The van der Waals surface area contributed by atoms with Crippen LogP contribution in [0.2, 0.25) is 0 Å². The summed E-state index contributed by atoms with van der Waals surface area (Å²) < 4.78 is 0. The molecule has 0 aliphatic rings. The number of aromatic hydroxyl groups is 1. The van der Waals surface area contributed by atoms with Crippen LogP contribution in [0.1, 0.15) is 21.5 Å². The van der Waals surface area contributed by atoms with Crippen LogP contribution in [0.15, 0.2) is 48.5 Å². The van der Waals surface area contributed by atoms with E-state index in [4.69, 9.17) is 0 Å². The number of likely N-dealkylation sites (N-methyl/N-ethyl adjacent to an activating group) is 1. The largest absolute Gasteiger partial charge is 0.507 e. The van der Waals surface area contributed by atoms with Crippen LogP contribution in [0.5, 0.6) is 5.75 Å². The highest BCUT2D eigenvalue weighted by Crippen LogP contribution is 2.19. The Hall–Kier alpha value is -2.13. The third-order valence-corrected chi connectivity index (χ3v) is 3.16. The molecule has 0 atom stereocenters. The van der Waals surface area contributed by atoms with E-state index in [0.717, 1.165) is 11.1 Å². The van der Waals surface area contributed by atoms with E-state index in [1.165, 1.54) is 0 Å². The van der Waals surface area contributed by atoms with Gasteiger partial charge in [0.25, 0.3) is 0 Å². The predicted molar refractivity (Wildman–Crippen MR) is 80.0 cm³/mol. The molecule has 3 nitrogen and oxygen atoms in total. The lowest BCUT2D eigenvalue weighted by atomic mass is 10.1. The van der Waals surface area contributed by atoms with E-state index in [1.54, 1.807) is 18.2 Å². The van der Waals surface area contributed by atoms with E-state index in [0.29, 0.717) is 12.1 Å². The fourth-order valence-corrected chi connectivity index (χ4v) is 2.15. The topological polar surface area (TPSA) is 40.5 Å². The van der Waals surface area contributed by atoms with Crippen LogP contribution >= 0.6 is 0 Å². The molecular weight excluding hydrogens is 250 g/mol. The second-order valence-corrected chi connectivity index (χ2v) is 5.10. The summed E-state index contributed by atoms with van der Waals surface area (Å²) in [5.41, 5.74) is 2.53. The van der Waals surface area contributed by atoms with Gasteiger partial charge in [0.2, 0.25) is 0 Å². The first kappa shape index (κ1) is 14.3. The van der Waals surface area contributed by atoms with Gasteiger partial charge in [-0.15, -0.1) is 0 Å². The molecule has 2 aromatic carbocycles. The minimum absolute atomic E-state index is 0.0497. The van der Waals surface area contributed by atoms with Gasteiger partial charge >= 0.3 is 0 Å². The third-order valence-electron chi connectivity index (χ3n) is 3.16. The number of carbonyl (C=O) groups excluding carboxylic acids is 1. The summed E-state index contributed by atoms with van der Waals surface area (Å²) in [5.74, 6) is -0.0154. The Morgan fingerprint density at radius 2 is 1.85 bits per heavy atom. The molecule has 2 rings (SSSR count). The third kappa shape index (κ3) is 3.68. The van der Waals surface area contributed by atoms with E-state index >= 15 is 0 Å². The fraction of sp³-hybridized carbons (Fsp3) is 0.235. The average Bonchev–Trinajstić information content (AvgIpc) is 2.42. The number of hydrogen-bond donors (Lipinski definition) is 1. The van der Waals surface area contributed by atoms with Gasteiger partial charge in [-0.3, -0.25) is 9.69 Å². The van der Waals surface area contributed by atoms with E-state index in [2.05, 4.69) is 0 Å². The van der Waals surface area contributed by atoms with Gasteiger partial charge in [-0.2, -0.15) is 0 Å². The SMILES string of the molecule is Cc1ccc(O)c(C(=O)CN(C)Cc2ccccc2)c1. The summed E-state index contributed by atoms with van der Waals surface area (Å²) in [7, 11) is 1.90. The molecule has 3 heteroatoms. The second kappa shape index (κ2) is 6.35. The second-order valence-electron chi connectivity index (χ2n) is 5.10. The Labute approximate surface area is 119 Å². The van der Waals surface area contributed by atoms with E-state index in [9.17, 15) is 9.90 Å². The summed E-state index contributed by atoms with van der Waals surface area (Å²) >= 11 is 0. The molecule has 104 valence electrons. The van der Waals surface area contributed by atoms with Crippen LogP contribution < -0.4 is 0 Å². The zero-order valence-corrected chi connectivity index (χ0v) is 11.8. The number of nitrogens with zero attached hydrogens (tertiary/aromatic N) is 1. The first-order valence-electron chi connectivity index (χ1n) is 6.61. The van der Waals surface area contributed by atoms with Gasteiger partial charge in [0.15, 0.2) is 5.78 Å². The maximum absolute atomic E-state index is 12.2. The molecule has 0 spiro atoms. The highest BCUT2D eigenvalue weighted by atomic mass is 16.3. The Kier molecular flexibility index (Phi) is 4.53. The van der Waals surface area contributed by atoms with Crippen molar-refractivity contribution in [1.29, 1.82) is 0 Å². The maximum atomic E-state index is 12.2. The van der Waals surface area contributed by atoms with Crippen molar-refractivity contribution in [3.63, 3.8) is 0 Å². The van der Waals surface area contributed by atoms with E-state index in [-0.39, 0.29) is 18.1 Å². The van der Waals surface area contributed by atoms with Crippen molar-refractivity contribution in [2.75, 3.05) is 13.6 Å². The molecule has 0 aliphatic carbocycles. The normalized spacial score (nSPS) is 10.8. The number of hydrogen-bond acceptors (Lipinski definition) is 3. The molecule has 0 saturated carbocycles. The standard InChI is InChI=1S/C17H19NO2/c1-13-8-9-16(19)15(10-13)17(20)12-18(2)11-14-6-4-3-5-7-14/h3-10,19H,11-12H2,1-2H3. The zero-order valence-electron chi connectivity index (χ0n) is 11.8. The van der Waals surface area contributed by atoms with Gasteiger partial charge < -0.3 is 5.11 Å². The number of benzene rings is 2. The minimum atomic E-state index is -0.0652.